The molecule has 0 aliphatic carbocycles. The van der Waals surface area contributed by atoms with Gasteiger partial charge in [-0.3, -0.25) is 14.5 Å². The Hall–Kier alpha value is -2.86. The van der Waals surface area contributed by atoms with Crippen LogP contribution >= 0.6 is 0 Å². The zero-order chi connectivity index (χ0) is 25.9. The molecular formula is C30H41N3O3. The first-order valence-corrected chi connectivity index (χ1v) is 13.2. The summed E-state index contributed by atoms with van der Waals surface area (Å²) in [6.07, 6.45) is 1.99. The van der Waals surface area contributed by atoms with E-state index in [1.54, 1.807) is 0 Å². The lowest BCUT2D eigenvalue weighted by molar-refractivity contribution is -0.163. The van der Waals surface area contributed by atoms with E-state index in [-0.39, 0.29) is 17.2 Å². The zero-order valence-corrected chi connectivity index (χ0v) is 22.4. The number of ether oxygens (including phenoxy) is 1. The summed E-state index contributed by atoms with van der Waals surface area (Å²) in [5.41, 5.74) is 0.379. The molecular weight excluding hydrogens is 450 g/mol. The van der Waals surface area contributed by atoms with E-state index in [4.69, 9.17) is 4.74 Å². The highest BCUT2D eigenvalue weighted by Gasteiger charge is 2.54. The number of para-hydroxylation sites is 1. The van der Waals surface area contributed by atoms with Gasteiger partial charge >= 0.3 is 0 Å². The quantitative estimate of drug-likeness (QED) is 0.576. The predicted molar refractivity (Wildman–Crippen MR) is 143 cm³/mol. The molecule has 0 aromatic heterocycles. The SMILES string of the molecule is CC(C)CC1NC(=O)C2(CCN(Cc3ccc(Oc4ccccc4)cc3)CC2)N(CC(C)(C)C)C1=O. The maximum atomic E-state index is 13.6. The van der Waals surface area contributed by atoms with Crippen molar-refractivity contribution in [2.45, 2.75) is 72.0 Å². The minimum absolute atomic E-state index is 0.0269. The van der Waals surface area contributed by atoms with Gasteiger partial charge in [0.05, 0.1) is 0 Å². The lowest BCUT2D eigenvalue weighted by Crippen LogP contribution is -2.73. The topological polar surface area (TPSA) is 61.9 Å². The highest BCUT2D eigenvalue weighted by molar-refractivity contribution is 6.00. The van der Waals surface area contributed by atoms with E-state index in [1.165, 1.54) is 5.56 Å². The van der Waals surface area contributed by atoms with Gasteiger partial charge in [-0.25, -0.2) is 0 Å². The first-order valence-electron chi connectivity index (χ1n) is 13.2. The van der Waals surface area contributed by atoms with Crippen molar-refractivity contribution < 1.29 is 14.3 Å². The number of likely N-dealkylation sites (tertiary alicyclic amines) is 1. The highest BCUT2D eigenvalue weighted by atomic mass is 16.5. The molecule has 2 aliphatic rings. The Bertz CT molecular complexity index is 1040. The number of piperazine rings is 1. The highest BCUT2D eigenvalue weighted by Crippen LogP contribution is 2.36. The molecule has 36 heavy (non-hydrogen) atoms. The van der Waals surface area contributed by atoms with Crippen molar-refractivity contribution in [3.8, 4) is 11.5 Å². The minimum atomic E-state index is -0.748. The van der Waals surface area contributed by atoms with Crippen LogP contribution < -0.4 is 10.1 Å². The van der Waals surface area contributed by atoms with Crippen molar-refractivity contribution in [2.75, 3.05) is 19.6 Å². The molecule has 2 amide bonds. The Morgan fingerprint density at radius 2 is 1.58 bits per heavy atom. The summed E-state index contributed by atoms with van der Waals surface area (Å²) in [4.78, 5) is 31.4. The zero-order valence-electron chi connectivity index (χ0n) is 22.4. The molecule has 2 heterocycles. The normalized spacial score (nSPS) is 20.6. The number of hydrogen-bond acceptors (Lipinski definition) is 4. The van der Waals surface area contributed by atoms with Gasteiger partial charge in [0.1, 0.15) is 23.1 Å². The van der Waals surface area contributed by atoms with Crippen molar-refractivity contribution in [3.05, 3.63) is 60.2 Å². The maximum Gasteiger partial charge on any atom is 0.246 e. The monoisotopic (exact) mass is 491 g/mol. The second-order valence-electron chi connectivity index (χ2n) is 12.0. The summed E-state index contributed by atoms with van der Waals surface area (Å²) in [7, 11) is 0. The van der Waals surface area contributed by atoms with Crippen LogP contribution in [0.5, 0.6) is 11.5 Å². The van der Waals surface area contributed by atoms with Gasteiger partial charge in [-0.2, -0.15) is 0 Å². The van der Waals surface area contributed by atoms with Crippen molar-refractivity contribution in [1.29, 1.82) is 0 Å². The van der Waals surface area contributed by atoms with Crippen LogP contribution in [0.25, 0.3) is 0 Å². The molecule has 0 radical (unpaired) electrons. The fourth-order valence-electron chi connectivity index (χ4n) is 5.33. The van der Waals surface area contributed by atoms with Crippen LogP contribution in [0.1, 0.15) is 59.4 Å². The third kappa shape index (κ3) is 6.09. The van der Waals surface area contributed by atoms with E-state index in [1.807, 2.05) is 47.4 Å². The number of carbonyl (C=O) groups excluding carboxylic acids is 2. The molecule has 1 spiro atoms. The molecule has 194 valence electrons. The van der Waals surface area contributed by atoms with E-state index in [9.17, 15) is 9.59 Å². The lowest BCUT2D eigenvalue weighted by atomic mass is 9.79. The van der Waals surface area contributed by atoms with Crippen LogP contribution in [0.4, 0.5) is 0 Å². The third-order valence-corrected chi connectivity index (χ3v) is 7.14. The summed E-state index contributed by atoms with van der Waals surface area (Å²) < 4.78 is 5.91. The Morgan fingerprint density at radius 3 is 2.17 bits per heavy atom. The van der Waals surface area contributed by atoms with E-state index >= 15 is 0 Å². The smallest absolute Gasteiger partial charge is 0.246 e. The molecule has 1 N–H and O–H groups in total. The number of benzene rings is 2. The second-order valence-corrected chi connectivity index (χ2v) is 12.0. The average molecular weight is 492 g/mol. The van der Waals surface area contributed by atoms with Gasteiger partial charge in [0.2, 0.25) is 11.8 Å². The molecule has 0 saturated carbocycles. The van der Waals surface area contributed by atoms with E-state index in [0.717, 1.165) is 31.1 Å². The number of nitrogens with one attached hydrogen (secondary N) is 1. The number of hydrogen-bond donors (Lipinski definition) is 1. The van der Waals surface area contributed by atoms with Gasteiger partial charge in [0.25, 0.3) is 0 Å². The molecule has 6 heteroatoms. The van der Waals surface area contributed by atoms with Crippen LogP contribution in [0.15, 0.2) is 54.6 Å². The van der Waals surface area contributed by atoms with E-state index < -0.39 is 11.6 Å². The van der Waals surface area contributed by atoms with E-state index in [2.05, 4.69) is 57.0 Å². The average Bonchev–Trinajstić information content (AvgIpc) is 2.82. The number of rotatable bonds is 7. The van der Waals surface area contributed by atoms with Crippen LogP contribution in [0.3, 0.4) is 0 Å². The molecule has 4 rings (SSSR count). The Morgan fingerprint density at radius 1 is 0.972 bits per heavy atom. The van der Waals surface area contributed by atoms with Crippen molar-refractivity contribution in [3.63, 3.8) is 0 Å². The van der Waals surface area contributed by atoms with Gasteiger partial charge in [0.15, 0.2) is 0 Å². The summed E-state index contributed by atoms with van der Waals surface area (Å²) in [5.74, 6) is 2.09. The standard InChI is InChI=1S/C30H41N3O3/c1-22(2)19-26-27(34)33(21-29(3,4)5)30(28(35)31-26)15-17-32(18-16-30)20-23-11-13-25(14-12-23)36-24-9-7-6-8-10-24/h6-14,22,26H,15-21H2,1-5H3,(H,31,35). The van der Waals surface area contributed by atoms with Crippen LogP contribution in [-0.4, -0.2) is 52.8 Å². The van der Waals surface area contributed by atoms with Gasteiger partial charge in [-0.05, 0) is 60.4 Å². The molecule has 2 aromatic carbocycles. The van der Waals surface area contributed by atoms with Gasteiger partial charge < -0.3 is 15.0 Å². The Kier molecular flexibility index (Phi) is 7.74. The fraction of sp³-hybridized carbons (Fsp3) is 0.533. The van der Waals surface area contributed by atoms with Crippen molar-refractivity contribution >= 4 is 11.8 Å². The molecule has 2 aliphatic heterocycles. The summed E-state index contributed by atoms with van der Waals surface area (Å²) in [5, 5.41) is 3.10. The summed E-state index contributed by atoms with van der Waals surface area (Å²) in [6.45, 7) is 13.6. The van der Waals surface area contributed by atoms with Crippen molar-refractivity contribution in [2.24, 2.45) is 11.3 Å². The predicted octanol–water partition coefficient (Wildman–Crippen LogP) is 5.23. The lowest BCUT2D eigenvalue weighted by Gasteiger charge is -2.53. The minimum Gasteiger partial charge on any atom is -0.457 e. The Labute approximate surface area is 216 Å². The molecule has 1 atom stereocenters. The first-order chi connectivity index (χ1) is 17.1. The van der Waals surface area contributed by atoms with Crippen molar-refractivity contribution in [1.82, 2.24) is 15.1 Å². The van der Waals surface area contributed by atoms with Gasteiger partial charge in [0, 0.05) is 26.2 Å². The molecule has 0 bridgehead atoms. The second kappa shape index (κ2) is 10.6. The molecule has 6 nitrogen and oxygen atoms in total. The fourth-order valence-corrected chi connectivity index (χ4v) is 5.33. The van der Waals surface area contributed by atoms with E-state index in [0.29, 0.717) is 31.7 Å². The van der Waals surface area contributed by atoms with Crippen LogP contribution in [0.2, 0.25) is 0 Å². The number of nitrogens with zero attached hydrogens (tertiary/aromatic N) is 2. The molecule has 2 aromatic rings. The number of amides is 2. The molecule has 2 saturated heterocycles. The Balaban J connectivity index is 1.41. The van der Waals surface area contributed by atoms with Gasteiger partial charge in [-0.15, -0.1) is 0 Å². The van der Waals surface area contributed by atoms with Crippen LogP contribution in [0, 0.1) is 11.3 Å². The first kappa shape index (κ1) is 26.2. The number of piperidine rings is 1. The maximum absolute atomic E-state index is 13.6. The molecule has 2 fully saturated rings. The third-order valence-electron chi connectivity index (χ3n) is 7.14. The molecule has 1 unspecified atom stereocenters. The largest absolute Gasteiger partial charge is 0.457 e. The summed E-state index contributed by atoms with van der Waals surface area (Å²) >= 11 is 0. The summed E-state index contributed by atoms with van der Waals surface area (Å²) in [6, 6.07) is 17.6. The van der Waals surface area contributed by atoms with Crippen LogP contribution in [-0.2, 0) is 16.1 Å². The van der Waals surface area contributed by atoms with Gasteiger partial charge in [-0.1, -0.05) is 65.0 Å². The number of carbonyl (C=O) groups is 2.